The molecule has 3 aromatic heterocycles. The van der Waals surface area contributed by atoms with Crippen molar-refractivity contribution in [2.45, 2.75) is 6.54 Å². The Balaban J connectivity index is 1.54. The number of thiophene rings is 1. The number of aromatic nitrogens is 3. The fraction of sp³-hybridized carbons (Fsp3) is 0.100. The van der Waals surface area contributed by atoms with E-state index in [9.17, 15) is 14.4 Å². The second-order valence-corrected chi connectivity index (χ2v) is 8.32. The van der Waals surface area contributed by atoms with E-state index in [2.05, 4.69) is 21.4 Å². The third-order valence-corrected chi connectivity index (χ3v) is 6.14. The fourth-order valence-corrected chi connectivity index (χ4v) is 4.52. The molecule has 31 heavy (non-hydrogen) atoms. The van der Waals surface area contributed by atoms with Crippen LogP contribution in [0.3, 0.4) is 0 Å². The lowest BCUT2D eigenvalue weighted by Crippen LogP contribution is -2.12. The van der Waals surface area contributed by atoms with Crippen molar-refractivity contribution in [2.75, 3.05) is 11.9 Å². The predicted octanol–water partition coefficient (Wildman–Crippen LogP) is 5.29. The van der Waals surface area contributed by atoms with Crippen LogP contribution >= 0.6 is 34.5 Å². The van der Waals surface area contributed by atoms with Crippen LogP contribution in [0.1, 0.15) is 15.4 Å². The molecule has 0 spiro atoms. The zero-order valence-corrected chi connectivity index (χ0v) is 17.9. The summed E-state index contributed by atoms with van der Waals surface area (Å²) in [7, 11) is 0. The van der Waals surface area contributed by atoms with E-state index in [4.69, 9.17) is 28.3 Å². The molecule has 11 heteroatoms. The molecule has 0 amide bonds. The topological polar surface area (TPSA) is 104 Å². The van der Waals surface area contributed by atoms with E-state index in [1.165, 1.54) is 6.33 Å². The lowest BCUT2D eigenvalue weighted by Gasteiger charge is -2.10. The lowest BCUT2D eigenvalue weighted by atomic mass is 10.2. The minimum atomic E-state index is -1.33. The molecule has 2 N–H and O–H groups in total. The highest BCUT2D eigenvalue weighted by molar-refractivity contribution is 7.17. The van der Waals surface area contributed by atoms with Crippen molar-refractivity contribution in [1.29, 1.82) is 5.26 Å². The highest BCUT2D eigenvalue weighted by Crippen LogP contribution is 2.31. The van der Waals surface area contributed by atoms with Crippen molar-refractivity contribution in [2.24, 2.45) is 0 Å². The number of nitrogens with zero attached hydrogens (tertiary/aromatic N) is 4. The lowest BCUT2D eigenvalue weighted by molar-refractivity contribution is 0.0697. The number of nitrogens with one attached hydrogen (secondary N) is 1. The predicted molar refractivity (Wildman–Crippen MR) is 117 cm³/mol. The summed E-state index contributed by atoms with van der Waals surface area (Å²) in [5.41, 5.74) is 1.59. The van der Waals surface area contributed by atoms with Gasteiger partial charge in [-0.15, -0.1) is 11.3 Å². The number of aromatic carboxylic acids is 1. The molecule has 0 atom stereocenters. The van der Waals surface area contributed by atoms with E-state index >= 15 is 0 Å². The summed E-state index contributed by atoms with van der Waals surface area (Å²) >= 11 is 13.2. The maximum absolute atomic E-state index is 13.8. The third kappa shape index (κ3) is 4.18. The van der Waals surface area contributed by atoms with Crippen molar-refractivity contribution in [3.63, 3.8) is 0 Å². The smallest absolute Gasteiger partial charge is 0.348 e. The Bertz CT molecular complexity index is 1360. The monoisotopic (exact) mass is 475 g/mol. The van der Waals surface area contributed by atoms with Gasteiger partial charge < -0.3 is 15.0 Å². The SMILES string of the molecule is N#Cc1cc2c(Cl)cc(Cl)cc2n1CCNc1cc(-c2cc(F)c(C(=O)O)s2)ncn1. The Kier molecular flexibility index (Phi) is 5.78. The number of nitriles is 1. The Morgan fingerprint density at radius 2 is 2.06 bits per heavy atom. The van der Waals surface area contributed by atoms with Gasteiger partial charge in [0.2, 0.25) is 0 Å². The van der Waals surface area contributed by atoms with Gasteiger partial charge in [-0.1, -0.05) is 23.2 Å². The van der Waals surface area contributed by atoms with Crippen LogP contribution in [0.4, 0.5) is 10.2 Å². The van der Waals surface area contributed by atoms with Crippen LogP contribution in [0.2, 0.25) is 10.0 Å². The minimum Gasteiger partial charge on any atom is -0.477 e. The molecule has 0 unspecified atom stereocenters. The number of benzene rings is 1. The molecule has 4 rings (SSSR count). The molecular formula is C20H12Cl2FN5O2S. The minimum absolute atomic E-state index is 0.371. The van der Waals surface area contributed by atoms with E-state index in [1.807, 2.05) is 0 Å². The van der Waals surface area contributed by atoms with E-state index in [0.29, 0.717) is 45.2 Å². The van der Waals surface area contributed by atoms with E-state index in [-0.39, 0.29) is 4.88 Å². The van der Waals surface area contributed by atoms with Gasteiger partial charge in [0.25, 0.3) is 0 Å². The molecule has 156 valence electrons. The summed E-state index contributed by atoms with van der Waals surface area (Å²) in [5.74, 6) is -1.66. The zero-order valence-electron chi connectivity index (χ0n) is 15.6. The maximum atomic E-state index is 13.8. The second-order valence-electron chi connectivity index (χ2n) is 6.42. The summed E-state index contributed by atoms with van der Waals surface area (Å²) in [6.45, 7) is 0.845. The van der Waals surface area contributed by atoms with Crippen LogP contribution in [-0.4, -0.2) is 32.2 Å². The van der Waals surface area contributed by atoms with Gasteiger partial charge in [0.15, 0.2) is 0 Å². The first kappa shape index (κ1) is 21.1. The number of carboxylic acid groups (broad SMARTS) is 1. The molecule has 4 aromatic rings. The number of carbonyl (C=O) groups is 1. The summed E-state index contributed by atoms with van der Waals surface area (Å²) < 4.78 is 15.6. The fourth-order valence-electron chi connectivity index (χ4n) is 3.14. The molecule has 0 radical (unpaired) electrons. The first-order valence-electron chi connectivity index (χ1n) is 8.84. The largest absolute Gasteiger partial charge is 0.477 e. The van der Waals surface area contributed by atoms with Crippen molar-refractivity contribution in [3.05, 3.63) is 63.1 Å². The summed E-state index contributed by atoms with van der Waals surface area (Å²) in [6, 6.07) is 9.98. The van der Waals surface area contributed by atoms with Crippen molar-refractivity contribution >= 4 is 57.2 Å². The number of halogens is 3. The Labute approximate surface area is 189 Å². The van der Waals surface area contributed by atoms with Gasteiger partial charge in [0.1, 0.15) is 34.6 Å². The molecule has 0 saturated heterocycles. The van der Waals surface area contributed by atoms with Gasteiger partial charge in [-0.2, -0.15) is 5.26 Å². The summed E-state index contributed by atoms with van der Waals surface area (Å²) in [5, 5.41) is 23.3. The average Bonchev–Trinajstić information content (AvgIpc) is 3.29. The van der Waals surface area contributed by atoms with Gasteiger partial charge >= 0.3 is 5.97 Å². The Morgan fingerprint density at radius 1 is 1.26 bits per heavy atom. The summed E-state index contributed by atoms with van der Waals surface area (Å²) in [4.78, 5) is 19.3. The first-order chi connectivity index (χ1) is 14.9. The molecule has 1 aromatic carbocycles. The number of carboxylic acids is 1. The molecule has 0 bridgehead atoms. The van der Waals surface area contributed by atoms with Crippen molar-refractivity contribution in [1.82, 2.24) is 14.5 Å². The van der Waals surface area contributed by atoms with Gasteiger partial charge in [0.05, 0.1) is 21.1 Å². The van der Waals surface area contributed by atoms with Gasteiger partial charge in [-0.25, -0.2) is 19.2 Å². The first-order valence-corrected chi connectivity index (χ1v) is 10.4. The maximum Gasteiger partial charge on any atom is 0.348 e. The highest BCUT2D eigenvalue weighted by atomic mass is 35.5. The standard InChI is InChI=1S/C20H12Cl2FN5O2S/c21-10-3-13(22)12-5-11(8-24)28(16(12)4-10)2-1-25-18-7-15(26-9-27-18)17-6-14(23)19(31-17)20(29)30/h3-7,9H,1-2H2,(H,29,30)(H,25,26,27). The third-order valence-electron chi connectivity index (χ3n) is 4.49. The van der Waals surface area contributed by atoms with Crippen LogP contribution in [0, 0.1) is 17.1 Å². The van der Waals surface area contributed by atoms with Crippen LogP contribution in [0.25, 0.3) is 21.5 Å². The van der Waals surface area contributed by atoms with Gasteiger partial charge in [-0.3, -0.25) is 0 Å². The van der Waals surface area contributed by atoms with Crippen LogP contribution in [0.5, 0.6) is 0 Å². The second kappa shape index (κ2) is 8.51. The number of hydrogen-bond donors (Lipinski definition) is 2. The zero-order chi connectivity index (χ0) is 22.1. The average molecular weight is 476 g/mol. The van der Waals surface area contributed by atoms with Crippen LogP contribution in [-0.2, 0) is 6.54 Å². The van der Waals surface area contributed by atoms with Crippen LogP contribution < -0.4 is 5.32 Å². The Morgan fingerprint density at radius 3 is 2.77 bits per heavy atom. The number of hydrogen-bond acceptors (Lipinski definition) is 6. The molecule has 0 aliphatic rings. The normalized spacial score (nSPS) is 10.9. The van der Waals surface area contributed by atoms with Gasteiger partial charge in [-0.05, 0) is 24.3 Å². The quantitative estimate of drug-likeness (QED) is 0.392. The number of fused-ring (bicyclic) bond motifs is 1. The van der Waals surface area contributed by atoms with Crippen molar-refractivity contribution in [3.8, 4) is 16.6 Å². The summed E-state index contributed by atoms with van der Waals surface area (Å²) in [6.07, 6.45) is 1.31. The number of anilines is 1. The van der Waals surface area contributed by atoms with Gasteiger partial charge in [0, 0.05) is 29.6 Å². The molecule has 7 nitrogen and oxygen atoms in total. The number of rotatable bonds is 6. The Hall–Kier alpha value is -3.19. The van der Waals surface area contributed by atoms with E-state index < -0.39 is 11.8 Å². The molecule has 0 aliphatic carbocycles. The molecule has 0 saturated carbocycles. The molecule has 0 aliphatic heterocycles. The molecule has 0 fully saturated rings. The van der Waals surface area contributed by atoms with Crippen LogP contribution in [0.15, 0.2) is 36.7 Å². The highest BCUT2D eigenvalue weighted by Gasteiger charge is 2.17. The van der Waals surface area contributed by atoms with E-state index in [1.54, 1.807) is 28.8 Å². The van der Waals surface area contributed by atoms with E-state index in [0.717, 1.165) is 28.3 Å². The van der Waals surface area contributed by atoms with Crippen molar-refractivity contribution < 1.29 is 14.3 Å². The molecule has 3 heterocycles. The molecular weight excluding hydrogens is 464 g/mol.